The summed E-state index contributed by atoms with van der Waals surface area (Å²) in [4.78, 5) is 12.8. The molecule has 1 saturated heterocycles. The molecule has 0 bridgehead atoms. The number of halogens is 3. The van der Waals surface area contributed by atoms with Gasteiger partial charge >= 0.3 is 0 Å². The third kappa shape index (κ3) is 4.88. The van der Waals surface area contributed by atoms with E-state index < -0.39 is 33.9 Å². The Morgan fingerprint density at radius 1 is 1.14 bits per heavy atom. The van der Waals surface area contributed by atoms with Crippen LogP contribution in [0.25, 0.3) is 11.0 Å². The van der Waals surface area contributed by atoms with Crippen LogP contribution in [0.15, 0.2) is 29.2 Å². The van der Waals surface area contributed by atoms with Gasteiger partial charge in [-0.15, -0.1) is 0 Å². The third-order valence-electron chi connectivity index (χ3n) is 5.73. The summed E-state index contributed by atoms with van der Waals surface area (Å²) in [5.41, 5.74) is -0.511. The second-order valence-electron chi connectivity index (χ2n) is 8.06. The molecule has 0 saturated carbocycles. The molecule has 0 spiro atoms. The summed E-state index contributed by atoms with van der Waals surface area (Å²) in [5.74, 6) is -0.613. The molecule has 2 N–H and O–H groups in total. The van der Waals surface area contributed by atoms with Crippen molar-refractivity contribution >= 4 is 26.9 Å². The maximum absolute atomic E-state index is 14.7. The fourth-order valence-corrected chi connectivity index (χ4v) is 5.51. The van der Waals surface area contributed by atoms with Crippen LogP contribution in [0.1, 0.15) is 36.3 Å². The Kier molecular flexibility index (Phi) is 7.10. The minimum Gasteiger partial charge on any atom is -0.480 e. The average molecular weight is 511 g/mol. The summed E-state index contributed by atoms with van der Waals surface area (Å²) in [6.07, 6.45) is -2.96. The van der Waals surface area contributed by atoms with Gasteiger partial charge in [-0.2, -0.15) is 9.29 Å². The molecule has 0 radical (unpaired) electrons. The van der Waals surface area contributed by atoms with E-state index in [1.807, 2.05) is 0 Å². The lowest BCUT2D eigenvalue weighted by Crippen LogP contribution is -2.46. The highest BCUT2D eigenvalue weighted by Gasteiger charge is 2.31. The Morgan fingerprint density at radius 2 is 1.83 bits per heavy atom. The molecule has 35 heavy (non-hydrogen) atoms. The highest BCUT2D eigenvalue weighted by molar-refractivity contribution is 7.89. The van der Waals surface area contributed by atoms with Crippen LogP contribution in [-0.4, -0.2) is 61.0 Å². The van der Waals surface area contributed by atoms with Gasteiger partial charge in [-0.25, -0.2) is 31.6 Å². The fourth-order valence-electron chi connectivity index (χ4n) is 3.95. The maximum atomic E-state index is 14.7. The van der Waals surface area contributed by atoms with Crippen LogP contribution in [0.3, 0.4) is 0 Å². The number of hydrogen-bond acceptors (Lipinski definition) is 8. The van der Waals surface area contributed by atoms with Crippen molar-refractivity contribution in [1.29, 1.82) is 0 Å². The number of sulfonamides is 1. The number of rotatable bonds is 7. The number of hydrogen-bond donors (Lipinski definition) is 2. The van der Waals surface area contributed by atoms with Crippen LogP contribution < -0.4 is 15.4 Å². The van der Waals surface area contributed by atoms with Gasteiger partial charge in [-0.05, 0) is 19.9 Å². The largest absolute Gasteiger partial charge is 0.480 e. The predicted molar refractivity (Wildman–Crippen MR) is 124 cm³/mol. The van der Waals surface area contributed by atoms with Crippen molar-refractivity contribution in [2.75, 3.05) is 38.6 Å². The van der Waals surface area contributed by atoms with E-state index in [1.54, 1.807) is 13.8 Å². The van der Waals surface area contributed by atoms with E-state index in [9.17, 15) is 21.6 Å². The number of fused-ring (bicyclic) bond motifs is 1. The topological polar surface area (TPSA) is 109 Å². The van der Waals surface area contributed by atoms with Crippen LogP contribution in [0, 0.1) is 12.7 Å². The van der Waals surface area contributed by atoms with E-state index >= 15 is 0 Å². The molecule has 0 aliphatic carbocycles. The number of aromatic nitrogens is 3. The zero-order valence-electron chi connectivity index (χ0n) is 19.3. The van der Waals surface area contributed by atoms with Gasteiger partial charge in [0.05, 0.1) is 24.1 Å². The van der Waals surface area contributed by atoms with Crippen molar-refractivity contribution in [2.45, 2.75) is 31.2 Å². The van der Waals surface area contributed by atoms with Gasteiger partial charge in [0, 0.05) is 31.7 Å². The van der Waals surface area contributed by atoms with Crippen molar-refractivity contribution in [2.24, 2.45) is 0 Å². The standard InChI is InChI=1S/C22H25F3N6O3S/c1-12(14-5-4-6-15(18(14)23)19(24)25)27-20-16-11-17(35(32,33)31-9-7-26-8-10-31)22(34-3)30-21(16)29-13(2)28-20/h4-6,11-12,19,26H,7-10H2,1-3H3,(H,27,28,29,30)/t12-/m1/s1. The number of methoxy groups -OCH3 is 1. The zero-order valence-corrected chi connectivity index (χ0v) is 20.2. The first-order valence-electron chi connectivity index (χ1n) is 10.9. The molecule has 1 fully saturated rings. The minimum atomic E-state index is -3.95. The monoisotopic (exact) mass is 510 g/mol. The number of benzene rings is 1. The van der Waals surface area contributed by atoms with Gasteiger partial charge in [0.1, 0.15) is 22.4 Å². The number of nitrogens with one attached hydrogen (secondary N) is 2. The van der Waals surface area contributed by atoms with Crippen molar-refractivity contribution in [3.8, 4) is 5.88 Å². The van der Waals surface area contributed by atoms with E-state index in [4.69, 9.17) is 4.74 Å². The molecule has 188 valence electrons. The molecule has 0 amide bonds. The van der Waals surface area contributed by atoms with Crippen LogP contribution in [0.4, 0.5) is 19.0 Å². The Labute approximate surface area is 200 Å². The Hall–Kier alpha value is -3.03. The normalized spacial score (nSPS) is 16.0. The third-order valence-corrected chi connectivity index (χ3v) is 7.62. The van der Waals surface area contributed by atoms with Crippen LogP contribution >= 0.6 is 0 Å². The molecule has 4 rings (SSSR count). The quantitative estimate of drug-likeness (QED) is 0.499. The van der Waals surface area contributed by atoms with Crippen molar-refractivity contribution in [3.05, 3.63) is 47.0 Å². The summed E-state index contributed by atoms with van der Waals surface area (Å²) in [5, 5.41) is 6.38. The predicted octanol–water partition coefficient (Wildman–Crippen LogP) is 3.19. The van der Waals surface area contributed by atoms with Crippen molar-refractivity contribution in [1.82, 2.24) is 24.6 Å². The lowest BCUT2D eigenvalue weighted by atomic mass is 10.0. The number of anilines is 1. The number of pyridine rings is 1. The van der Waals surface area contributed by atoms with Gasteiger partial charge in [-0.1, -0.05) is 18.2 Å². The smallest absolute Gasteiger partial charge is 0.266 e. The number of aryl methyl sites for hydroxylation is 1. The second-order valence-corrected chi connectivity index (χ2v) is 9.96. The molecular weight excluding hydrogens is 485 g/mol. The van der Waals surface area contributed by atoms with E-state index in [0.717, 1.165) is 6.07 Å². The van der Waals surface area contributed by atoms with Gasteiger partial charge in [0.25, 0.3) is 6.43 Å². The van der Waals surface area contributed by atoms with Gasteiger partial charge in [-0.3, -0.25) is 0 Å². The van der Waals surface area contributed by atoms with Crippen LogP contribution in [0.2, 0.25) is 0 Å². The lowest BCUT2D eigenvalue weighted by molar-refractivity contribution is 0.146. The first-order chi connectivity index (χ1) is 16.6. The van der Waals surface area contributed by atoms with Crippen LogP contribution in [0.5, 0.6) is 5.88 Å². The van der Waals surface area contributed by atoms with E-state index in [0.29, 0.717) is 18.9 Å². The molecule has 3 heterocycles. The summed E-state index contributed by atoms with van der Waals surface area (Å²) in [7, 11) is -2.63. The highest BCUT2D eigenvalue weighted by Crippen LogP contribution is 2.33. The first-order valence-corrected chi connectivity index (χ1v) is 12.3. The van der Waals surface area contributed by atoms with Crippen molar-refractivity contribution in [3.63, 3.8) is 0 Å². The second kappa shape index (κ2) is 9.91. The lowest BCUT2D eigenvalue weighted by Gasteiger charge is -2.27. The van der Waals surface area contributed by atoms with E-state index in [1.165, 1.54) is 29.6 Å². The fraction of sp³-hybridized carbons (Fsp3) is 0.409. The summed E-state index contributed by atoms with van der Waals surface area (Å²) in [6, 6.07) is 4.38. The molecule has 1 aliphatic rings. The molecule has 2 aromatic heterocycles. The Morgan fingerprint density at radius 3 is 2.49 bits per heavy atom. The van der Waals surface area contributed by atoms with E-state index in [2.05, 4.69) is 25.6 Å². The van der Waals surface area contributed by atoms with E-state index in [-0.39, 0.29) is 46.3 Å². The van der Waals surface area contributed by atoms with Crippen molar-refractivity contribution < 1.29 is 26.3 Å². The minimum absolute atomic E-state index is 0.0161. The number of ether oxygens (including phenoxy) is 1. The van der Waals surface area contributed by atoms with Gasteiger partial charge in [0.2, 0.25) is 15.9 Å². The molecule has 3 aromatic rings. The summed E-state index contributed by atoms with van der Waals surface area (Å²) >= 11 is 0. The molecule has 13 heteroatoms. The zero-order chi connectivity index (χ0) is 25.3. The summed E-state index contributed by atoms with van der Waals surface area (Å²) in [6.45, 7) is 4.81. The number of piperazine rings is 1. The molecule has 1 aliphatic heterocycles. The molecule has 1 aromatic carbocycles. The maximum Gasteiger partial charge on any atom is 0.266 e. The SMILES string of the molecule is COc1nc2nc(C)nc(N[C@H](C)c3cccc(C(F)F)c3F)c2cc1S(=O)(=O)N1CCNCC1. The molecular formula is C22H25F3N6O3S. The first kappa shape index (κ1) is 25.1. The Balaban J connectivity index is 1.80. The molecule has 9 nitrogen and oxygen atoms in total. The highest BCUT2D eigenvalue weighted by atomic mass is 32.2. The van der Waals surface area contributed by atoms with Crippen LogP contribution in [-0.2, 0) is 10.0 Å². The number of nitrogens with zero attached hydrogens (tertiary/aromatic N) is 4. The number of alkyl halides is 2. The van der Waals surface area contributed by atoms with Gasteiger partial charge < -0.3 is 15.4 Å². The molecule has 1 atom stereocenters. The Bertz CT molecular complexity index is 1350. The average Bonchev–Trinajstić information content (AvgIpc) is 2.83. The van der Waals surface area contributed by atoms with Gasteiger partial charge in [0.15, 0.2) is 5.65 Å². The molecule has 0 unspecified atom stereocenters. The summed E-state index contributed by atoms with van der Waals surface area (Å²) < 4.78 is 74.4.